The van der Waals surface area contributed by atoms with Crippen molar-refractivity contribution in [2.75, 3.05) is 14.2 Å². The third-order valence-electron chi connectivity index (χ3n) is 5.18. The number of hydrogen-bond acceptors (Lipinski definition) is 8. The van der Waals surface area contributed by atoms with Crippen molar-refractivity contribution < 1.29 is 34.7 Å². The maximum Gasteiger partial charge on any atom is 0.265 e. The van der Waals surface area contributed by atoms with Gasteiger partial charge >= 0.3 is 0 Å². The molecular weight excluding hydrogens is 572 g/mol. The van der Waals surface area contributed by atoms with E-state index in [1.54, 1.807) is 79.9 Å². The van der Waals surface area contributed by atoms with E-state index in [1.807, 2.05) is 0 Å². The van der Waals surface area contributed by atoms with Gasteiger partial charge in [-0.15, -0.1) is 0 Å². The van der Waals surface area contributed by atoms with E-state index >= 15 is 0 Å². The van der Waals surface area contributed by atoms with Crippen LogP contribution in [-0.4, -0.2) is 39.5 Å². The molecule has 0 aliphatic rings. The van der Waals surface area contributed by atoms with Crippen LogP contribution >= 0.6 is 10.7 Å². The molecule has 8 nitrogen and oxygen atoms in total. The zero-order chi connectivity index (χ0) is 28.0. The second-order valence-corrected chi connectivity index (χ2v) is 14.0. The topological polar surface area (TPSA) is 121 Å². The molecule has 0 heterocycles. The fraction of sp³-hybridized carbons (Fsp3) is 0.0769. The van der Waals surface area contributed by atoms with E-state index < -0.39 is 28.7 Å². The number of hydrogen-bond donors (Lipinski definition) is 0. The van der Waals surface area contributed by atoms with E-state index in [2.05, 4.69) is 0 Å². The molecule has 0 atom stereocenters. The van der Waals surface area contributed by atoms with Crippen LogP contribution in [-0.2, 0) is 28.7 Å². The Balaban J connectivity index is 0.000000215. The lowest BCUT2D eigenvalue weighted by molar-refractivity contribution is 0.402. The molecular formula is C26H23ClO8S3. The summed E-state index contributed by atoms with van der Waals surface area (Å²) in [6, 6.07) is 25.9. The van der Waals surface area contributed by atoms with Crippen LogP contribution in [0, 0.1) is 0 Å². The molecule has 0 saturated heterocycles. The summed E-state index contributed by atoms with van der Waals surface area (Å²) < 4.78 is 82.2. The number of sulfone groups is 2. The highest BCUT2D eigenvalue weighted by Gasteiger charge is 2.23. The van der Waals surface area contributed by atoms with Gasteiger partial charge in [-0.1, -0.05) is 36.4 Å². The zero-order valence-corrected chi connectivity index (χ0v) is 23.4. The molecule has 0 spiro atoms. The van der Waals surface area contributed by atoms with Gasteiger partial charge in [0.25, 0.3) is 9.05 Å². The first-order valence-electron chi connectivity index (χ1n) is 10.8. The van der Waals surface area contributed by atoms with Gasteiger partial charge in [0, 0.05) is 10.7 Å². The van der Waals surface area contributed by atoms with Crippen LogP contribution in [0.4, 0.5) is 0 Å². The highest BCUT2D eigenvalue weighted by atomic mass is 35.7. The average molecular weight is 595 g/mol. The van der Waals surface area contributed by atoms with Crippen molar-refractivity contribution >= 4 is 39.4 Å². The summed E-state index contributed by atoms with van der Waals surface area (Å²) in [7, 11) is -3.25. The van der Waals surface area contributed by atoms with Gasteiger partial charge in [-0.05, 0) is 66.7 Å². The molecule has 0 aromatic heterocycles. The Hall–Kier alpha value is -3.38. The van der Waals surface area contributed by atoms with E-state index in [1.165, 1.54) is 31.4 Å². The molecule has 38 heavy (non-hydrogen) atoms. The standard InChI is InChI=1S/C13H11ClO5S2.C13H12O3S/c1-19-12-8-7-11(9-13(12)21(14,17)18)20(15,16)10-5-3-2-4-6-10;1-16-11-7-9-13(10-8-11)17(14,15)12-5-3-2-4-6-12/h2-9H,1H3;2-10H,1H3. The summed E-state index contributed by atoms with van der Waals surface area (Å²) >= 11 is 0. The van der Waals surface area contributed by atoms with Crippen molar-refractivity contribution in [3.8, 4) is 11.5 Å². The predicted molar refractivity (Wildman–Crippen MR) is 143 cm³/mol. The minimum absolute atomic E-state index is 0.0167. The lowest BCUT2D eigenvalue weighted by Crippen LogP contribution is -2.04. The second kappa shape index (κ2) is 12.0. The Morgan fingerprint density at radius 3 is 1.37 bits per heavy atom. The number of halogens is 1. The Morgan fingerprint density at radius 1 is 0.526 bits per heavy atom. The van der Waals surface area contributed by atoms with Gasteiger partial charge in [0.2, 0.25) is 19.7 Å². The third kappa shape index (κ3) is 6.73. The van der Waals surface area contributed by atoms with Crippen LogP contribution in [0.15, 0.2) is 128 Å². The van der Waals surface area contributed by atoms with Crippen LogP contribution in [0.1, 0.15) is 0 Å². The first-order valence-corrected chi connectivity index (χ1v) is 16.1. The fourth-order valence-electron chi connectivity index (χ4n) is 3.24. The van der Waals surface area contributed by atoms with Gasteiger partial charge < -0.3 is 9.47 Å². The summed E-state index contributed by atoms with van der Waals surface area (Å²) in [5, 5.41) is 0. The Bertz CT molecular complexity index is 1700. The van der Waals surface area contributed by atoms with Crippen LogP contribution in [0.25, 0.3) is 0 Å². The lowest BCUT2D eigenvalue weighted by Gasteiger charge is -2.09. The minimum Gasteiger partial charge on any atom is -0.497 e. The molecule has 12 heteroatoms. The van der Waals surface area contributed by atoms with Crippen molar-refractivity contribution in [3.63, 3.8) is 0 Å². The number of benzene rings is 4. The lowest BCUT2D eigenvalue weighted by atomic mass is 10.3. The van der Waals surface area contributed by atoms with Crippen molar-refractivity contribution in [2.24, 2.45) is 0 Å². The molecule has 0 amide bonds. The Kier molecular flexibility index (Phi) is 9.21. The maximum atomic E-state index is 12.4. The number of ether oxygens (including phenoxy) is 2. The normalized spacial score (nSPS) is 11.7. The Morgan fingerprint density at radius 2 is 0.947 bits per heavy atom. The van der Waals surface area contributed by atoms with E-state index in [0.717, 1.165) is 6.07 Å². The molecule has 0 aliphatic carbocycles. The largest absolute Gasteiger partial charge is 0.497 e. The number of rotatable bonds is 7. The number of methoxy groups -OCH3 is 2. The van der Waals surface area contributed by atoms with Gasteiger partial charge in [-0.2, -0.15) is 0 Å². The van der Waals surface area contributed by atoms with Gasteiger partial charge in [0.15, 0.2) is 0 Å². The van der Waals surface area contributed by atoms with E-state index in [0.29, 0.717) is 10.6 Å². The summed E-state index contributed by atoms with van der Waals surface area (Å²) in [4.78, 5) is 0.0696. The van der Waals surface area contributed by atoms with Gasteiger partial charge in [-0.25, -0.2) is 25.3 Å². The summed E-state index contributed by atoms with van der Waals surface area (Å²) in [6.45, 7) is 0. The molecule has 0 bridgehead atoms. The fourth-order valence-corrected chi connectivity index (χ4v) is 6.93. The molecule has 200 valence electrons. The highest BCUT2D eigenvalue weighted by Crippen LogP contribution is 2.31. The monoisotopic (exact) mass is 594 g/mol. The van der Waals surface area contributed by atoms with Crippen molar-refractivity contribution in [3.05, 3.63) is 103 Å². The quantitative estimate of drug-likeness (QED) is 0.275. The first kappa shape index (κ1) is 29.2. The summed E-state index contributed by atoms with van der Waals surface area (Å²) in [5.74, 6) is 0.619. The Labute approximate surface area is 226 Å². The molecule has 0 fully saturated rings. The summed E-state index contributed by atoms with van der Waals surface area (Å²) in [6.07, 6.45) is 0. The van der Waals surface area contributed by atoms with E-state index in [-0.39, 0.29) is 25.3 Å². The van der Waals surface area contributed by atoms with Crippen molar-refractivity contribution in [2.45, 2.75) is 24.5 Å². The van der Waals surface area contributed by atoms with Gasteiger partial charge in [-0.3, -0.25) is 0 Å². The highest BCUT2D eigenvalue weighted by molar-refractivity contribution is 8.13. The second-order valence-electron chi connectivity index (χ2n) is 7.56. The van der Waals surface area contributed by atoms with Crippen LogP contribution < -0.4 is 9.47 Å². The maximum absolute atomic E-state index is 12.4. The molecule has 0 aliphatic heterocycles. The van der Waals surface area contributed by atoms with Gasteiger partial charge in [0.1, 0.15) is 16.4 Å². The van der Waals surface area contributed by atoms with E-state index in [4.69, 9.17) is 20.2 Å². The zero-order valence-electron chi connectivity index (χ0n) is 20.2. The van der Waals surface area contributed by atoms with Gasteiger partial charge in [0.05, 0.1) is 33.8 Å². The van der Waals surface area contributed by atoms with Crippen LogP contribution in [0.3, 0.4) is 0 Å². The van der Waals surface area contributed by atoms with Crippen molar-refractivity contribution in [1.82, 2.24) is 0 Å². The van der Waals surface area contributed by atoms with Crippen LogP contribution in [0.2, 0.25) is 0 Å². The van der Waals surface area contributed by atoms with Crippen LogP contribution in [0.5, 0.6) is 11.5 Å². The SMILES string of the molecule is COc1ccc(S(=O)(=O)c2ccccc2)cc1.COc1ccc(S(=O)(=O)c2ccccc2)cc1S(=O)(=O)Cl. The molecule has 4 aromatic rings. The first-order chi connectivity index (χ1) is 17.9. The smallest absolute Gasteiger partial charge is 0.265 e. The minimum atomic E-state index is -4.13. The molecule has 4 aromatic carbocycles. The molecule has 0 N–H and O–H groups in total. The molecule has 0 saturated carbocycles. The summed E-state index contributed by atoms with van der Waals surface area (Å²) in [5.41, 5.74) is 0. The third-order valence-corrected chi connectivity index (χ3v) is 10.1. The molecule has 0 radical (unpaired) electrons. The van der Waals surface area contributed by atoms with Crippen molar-refractivity contribution in [1.29, 1.82) is 0 Å². The molecule has 0 unspecified atom stereocenters. The molecule has 4 rings (SSSR count). The predicted octanol–water partition coefficient (Wildman–Crippen LogP) is 4.98. The van der Waals surface area contributed by atoms with E-state index in [9.17, 15) is 25.3 Å². The average Bonchev–Trinajstić information content (AvgIpc) is 2.93.